The Kier molecular flexibility index (Phi) is 4.44. The first-order chi connectivity index (χ1) is 10.6. The second-order valence-corrected chi connectivity index (χ2v) is 7.31. The number of urea groups is 1. The summed E-state index contributed by atoms with van der Waals surface area (Å²) in [4.78, 5) is 38.7. The predicted octanol–water partition coefficient (Wildman–Crippen LogP) is 3.31. The van der Waals surface area contributed by atoms with Crippen LogP contribution >= 0.6 is 27.3 Å². The van der Waals surface area contributed by atoms with Gasteiger partial charge in [-0.25, -0.2) is 4.79 Å². The number of carbonyl (C=O) groups is 3. The largest absolute Gasteiger partial charge is 0.331 e. The fourth-order valence-corrected chi connectivity index (χ4v) is 4.26. The molecule has 1 saturated heterocycles. The SMILES string of the molecule is O=C1NC(=O)N(C2CCCCC2)C(=O)C1=Cc1cc(Br)cs1. The van der Waals surface area contributed by atoms with Crippen LogP contribution in [0, 0.1) is 0 Å². The van der Waals surface area contributed by atoms with E-state index in [0.29, 0.717) is 0 Å². The highest BCUT2D eigenvalue weighted by Gasteiger charge is 2.40. The van der Waals surface area contributed by atoms with Crippen molar-refractivity contribution in [2.75, 3.05) is 0 Å². The fraction of sp³-hybridized carbons (Fsp3) is 0.400. The van der Waals surface area contributed by atoms with Crippen molar-refractivity contribution in [1.29, 1.82) is 0 Å². The lowest BCUT2D eigenvalue weighted by Crippen LogP contribution is -2.58. The highest BCUT2D eigenvalue weighted by molar-refractivity contribution is 9.10. The van der Waals surface area contributed by atoms with Gasteiger partial charge < -0.3 is 0 Å². The molecule has 4 amide bonds. The molecule has 0 radical (unpaired) electrons. The lowest BCUT2D eigenvalue weighted by Gasteiger charge is -2.35. The van der Waals surface area contributed by atoms with Crippen molar-refractivity contribution in [3.8, 4) is 0 Å². The molecule has 22 heavy (non-hydrogen) atoms. The maximum atomic E-state index is 12.6. The number of hydrogen-bond acceptors (Lipinski definition) is 4. The number of hydrogen-bond donors (Lipinski definition) is 1. The number of nitrogens with zero attached hydrogens (tertiary/aromatic N) is 1. The summed E-state index contributed by atoms with van der Waals surface area (Å²) in [6.45, 7) is 0. The van der Waals surface area contributed by atoms with Crippen LogP contribution in [0.3, 0.4) is 0 Å². The molecule has 0 spiro atoms. The van der Waals surface area contributed by atoms with Gasteiger partial charge in [0.2, 0.25) is 0 Å². The summed E-state index contributed by atoms with van der Waals surface area (Å²) in [5.74, 6) is -1.10. The van der Waals surface area contributed by atoms with E-state index in [-0.39, 0.29) is 11.6 Å². The first kappa shape index (κ1) is 15.4. The highest BCUT2D eigenvalue weighted by Crippen LogP contribution is 2.27. The highest BCUT2D eigenvalue weighted by atomic mass is 79.9. The van der Waals surface area contributed by atoms with E-state index in [1.807, 2.05) is 11.4 Å². The van der Waals surface area contributed by atoms with Crippen LogP contribution in [0.15, 0.2) is 21.5 Å². The maximum Gasteiger partial charge on any atom is 0.331 e. The molecule has 1 saturated carbocycles. The molecule has 0 atom stereocenters. The van der Waals surface area contributed by atoms with Crippen LogP contribution in [0.4, 0.5) is 4.79 Å². The zero-order chi connectivity index (χ0) is 15.7. The summed E-state index contributed by atoms with van der Waals surface area (Å²) >= 11 is 4.77. The minimum absolute atomic E-state index is 0.0273. The van der Waals surface area contributed by atoms with Crippen LogP contribution in [-0.2, 0) is 9.59 Å². The molecule has 7 heteroatoms. The average Bonchev–Trinajstić information content (AvgIpc) is 2.90. The monoisotopic (exact) mass is 382 g/mol. The van der Waals surface area contributed by atoms with E-state index < -0.39 is 17.8 Å². The lowest BCUT2D eigenvalue weighted by molar-refractivity contribution is -0.132. The molecule has 1 aliphatic carbocycles. The fourth-order valence-electron chi connectivity index (χ4n) is 2.89. The van der Waals surface area contributed by atoms with Crippen LogP contribution in [0.25, 0.3) is 6.08 Å². The zero-order valence-corrected chi connectivity index (χ0v) is 14.2. The van der Waals surface area contributed by atoms with Crippen LogP contribution < -0.4 is 5.32 Å². The molecule has 1 aromatic rings. The van der Waals surface area contributed by atoms with E-state index >= 15 is 0 Å². The molecule has 0 unspecified atom stereocenters. The predicted molar refractivity (Wildman–Crippen MR) is 87.3 cm³/mol. The normalized spacial score (nSPS) is 22.3. The van der Waals surface area contributed by atoms with Gasteiger partial charge in [0, 0.05) is 20.8 Å². The van der Waals surface area contributed by atoms with Crippen LogP contribution in [0.5, 0.6) is 0 Å². The summed E-state index contributed by atoms with van der Waals surface area (Å²) in [6, 6.07) is 1.14. The number of rotatable bonds is 2. The molecule has 1 N–H and O–H groups in total. The minimum atomic E-state index is -0.619. The van der Waals surface area contributed by atoms with Gasteiger partial charge in [-0.2, -0.15) is 0 Å². The Hall–Kier alpha value is -1.47. The van der Waals surface area contributed by atoms with Gasteiger partial charge in [-0.05, 0) is 40.9 Å². The molecule has 0 aromatic carbocycles. The number of barbiturate groups is 1. The number of amides is 4. The van der Waals surface area contributed by atoms with Crippen molar-refractivity contribution in [2.24, 2.45) is 0 Å². The lowest BCUT2D eigenvalue weighted by atomic mass is 9.93. The first-order valence-electron chi connectivity index (χ1n) is 7.21. The third-order valence-electron chi connectivity index (χ3n) is 3.95. The topological polar surface area (TPSA) is 66.5 Å². The second-order valence-electron chi connectivity index (χ2n) is 5.45. The molecule has 3 rings (SSSR count). The summed E-state index contributed by atoms with van der Waals surface area (Å²) in [7, 11) is 0. The van der Waals surface area contributed by atoms with Gasteiger partial charge in [0.15, 0.2) is 0 Å². The van der Waals surface area contributed by atoms with Crippen LogP contribution in [0.1, 0.15) is 37.0 Å². The van der Waals surface area contributed by atoms with Crippen molar-refractivity contribution in [3.05, 3.63) is 26.4 Å². The first-order valence-corrected chi connectivity index (χ1v) is 8.88. The van der Waals surface area contributed by atoms with Gasteiger partial charge in [0.05, 0.1) is 0 Å². The third-order valence-corrected chi connectivity index (χ3v) is 5.59. The molecule has 2 fully saturated rings. The molecule has 0 bridgehead atoms. The van der Waals surface area contributed by atoms with Crippen molar-refractivity contribution in [2.45, 2.75) is 38.1 Å². The van der Waals surface area contributed by atoms with E-state index in [0.717, 1.165) is 41.5 Å². The van der Waals surface area contributed by atoms with E-state index in [9.17, 15) is 14.4 Å². The summed E-state index contributed by atoms with van der Waals surface area (Å²) < 4.78 is 0.897. The Balaban J connectivity index is 1.90. The molecular weight excluding hydrogens is 368 g/mol. The van der Waals surface area contributed by atoms with Crippen molar-refractivity contribution in [3.63, 3.8) is 0 Å². The second kappa shape index (κ2) is 6.34. The standard InChI is InChI=1S/C15H15BrN2O3S/c16-9-6-11(22-8-9)7-12-13(19)17-15(21)18(14(12)20)10-4-2-1-3-5-10/h6-8,10H,1-5H2,(H,17,19,21). The number of nitrogens with one attached hydrogen (secondary N) is 1. The van der Waals surface area contributed by atoms with Crippen molar-refractivity contribution < 1.29 is 14.4 Å². The molecule has 2 aliphatic rings. The van der Waals surface area contributed by atoms with E-state index in [4.69, 9.17) is 0 Å². The van der Waals surface area contributed by atoms with Crippen molar-refractivity contribution in [1.82, 2.24) is 10.2 Å². The van der Waals surface area contributed by atoms with Gasteiger partial charge in [-0.1, -0.05) is 19.3 Å². The Morgan fingerprint density at radius 1 is 1.23 bits per heavy atom. The van der Waals surface area contributed by atoms with Crippen molar-refractivity contribution >= 4 is 51.2 Å². The molecular formula is C15H15BrN2O3S. The van der Waals surface area contributed by atoms with Gasteiger partial charge in [0.1, 0.15) is 5.57 Å². The molecule has 5 nitrogen and oxygen atoms in total. The smallest absolute Gasteiger partial charge is 0.273 e. The van der Waals surface area contributed by atoms with Gasteiger partial charge >= 0.3 is 6.03 Å². The number of thiophene rings is 1. The number of halogens is 1. The quantitative estimate of drug-likeness (QED) is 0.630. The third kappa shape index (κ3) is 3.01. The molecule has 116 valence electrons. The van der Waals surface area contributed by atoms with Crippen LogP contribution in [0.2, 0.25) is 0 Å². The Bertz CT molecular complexity index is 661. The summed E-state index contributed by atoms with van der Waals surface area (Å²) in [5.41, 5.74) is 0.0273. The summed E-state index contributed by atoms with van der Waals surface area (Å²) in [5, 5.41) is 4.16. The van der Waals surface area contributed by atoms with Gasteiger partial charge in [-0.15, -0.1) is 11.3 Å². The van der Waals surface area contributed by atoms with Crippen LogP contribution in [-0.4, -0.2) is 28.8 Å². The Morgan fingerprint density at radius 2 is 1.95 bits per heavy atom. The number of carbonyl (C=O) groups excluding carboxylic acids is 3. The molecule has 2 heterocycles. The average molecular weight is 383 g/mol. The Labute approximate surface area is 140 Å². The Morgan fingerprint density at radius 3 is 2.59 bits per heavy atom. The maximum absolute atomic E-state index is 12.6. The molecule has 1 aromatic heterocycles. The molecule has 1 aliphatic heterocycles. The van der Waals surface area contributed by atoms with E-state index in [1.165, 1.54) is 16.2 Å². The van der Waals surface area contributed by atoms with Gasteiger partial charge in [0.25, 0.3) is 11.8 Å². The zero-order valence-electron chi connectivity index (χ0n) is 11.8. The number of imide groups is 2. The van der Waals surface area contributed by atoms with E-state index in [2.05, 4.69) is 21.2 Å². The minimum Gasteiger partial charge on any atom is -0.273 e. The summed E-state index contributed by atoms with van der Waals surface area (Å²) in [6.07, 6.45) is 6.32. The van der Waals surface area contributed by atoms with E-state index in [1.54, 1.807) is 6.08 Å². The van der Waals surface area contributed by atoms with Gasteiger partial charge in [-0.3, -0.25) is 19.8 Å².